The molecule has 3 rings (SSSR count). The second-order valence-corrected chi connectivity index (χ2v) is 6.93. The Bertz CT molecular complexity index is 727. The standard InChI is InChI=1S/C16H18N2O2S/c19-21(20,18-9-8-13-4-2-1-3-5-13)16-7-6-14-11-17-12-15(14)10-16/h1-7,10,17-18H,8-9,11-12H2. The van der Waals surface area contributed by atoms with Crippen molar-refractivity contribution in [1.29, 1.82) is 0 Å². The van der Waals surface area contributed by atoms with Gasteiger partial charge in [0.05, 0.1) is 4.90 Å². The molecule has 0 fully saturated rings. The monoisotopic (exact) mass is 302 g/mol. The first-order valence-corrected chi connectivity index (χ1v) is 8.49. The predicted octanol–water partition coefficient (Wildman–Crippen LogP) is 1.81. The van der Waals surface area contributed by atoms with Crippen molar-refractivity contribution < 1.29 is 8.42 Å². The lowest BCUT2D eigenvalue weighted by molar-refractivity contribution is 0.581. The summed E-state index contributed by atoms with van der Waals surface area (Å²) in [5.74, 6) is 0. The Balaban J connectivity index is 1.67. The van der Waals surface area contributed by atoms with Crippen LogP contribution in [0.1, 0.15) is 16.7 Å². The number of hydrogen-bond acceptors (Lipinski definition) is 3. The van der Waals surface area contributed by atoms with E-state index >= 15 is 0 Å². The minimum atomic E-state index is -3.43. The zero-order chi connectivity index (χ0) is 14.7. The normalized spacial score (nSPS) is 14.1. The lowest BCUT2D eigenvalue weighted by Gasteiger charge is -2.08. The minimum Gasteiger partial charge on any atom is -0.309 e. The van der Waals surface area contributed by atoms with Gasteiger partial charge < -0.3 is 5.32 Å². The Labute approximate surface area is 125 Å². The molecule has 2 aromatic rings. The maximum atomic E-state index is 12.3. The van der Waals surface area contributed by atoms with Gasteiger partial charge in [-0.05, 0) is 35.2 Å². The molecule has 1 aliphatic rings. The van der Waals surface area contributed by atoms with E-state index in [1.807, 2.05) is 36.4 Å². The molecular weight excluding hydrogens is 284 g/mol. The largest absolute Gasteiger partial charge is 0.309 e. The molecule has 2 N–H and O–H groups in total. The van der Waals surface area contributed by atoms with Crippen LogP contribution in [-0.4, -0.2) is 15.0 Å². The highest BCUT2D eigenvalue weighted by atomic mass is 32.2. The van der Waals surface area contributed by atoms with E-state index in [1.54, 1.807) is 12.1 Å². The van der Waals surface area contributed by atoms with Gasteiger partial charge in [-0.25, -0.2) is 13.1 Å². The highest BCUT2D eigenvalue weighted by Gasteiger charge is 2.17. The predicted molar refractivity (Wildman–Crippen MR) is 82.3 cm³/mol. The average molecular weight is 302 g/mol. The van der Waals surface area contributed by atoms with E-state index in [9.17, 15) is 8.42 Å². The van der Waals surface area contributed by atoms with Crippen molar-refractivity contribution in [3.05, 3.63) is 65.2 Å². The number of hydrogen-bond donors (Lipinski definition) is 2. The molecule has 0 aliphatic carbocycles. The van der Waals surface area contributed by atoms with Crippen LogP contribution in [0.5, 0.6) is 0 Å². The molecule has 0 bridgehead atoms. The summed E-state index contributed by atoms with van der Waals surface area (Å²) in [5, 5.41) is 3.22. The summed E-state index contributed by atoms with van der Waals surface area (Å²) >= 11 is 0. The molecule has 0 unspecified atom stereocenters. The molecule has 0 saturated carbocycles. The van der Waals surface area contributed by atoms with E-state index < -0.39 is 10.0 Å². The van der Waals surface area contributed by atoms with Gasteiger partial charge in [0, 0.05) is 19.6 Å². The lowest BCUT2D eigenvalue weighted by atomic mass is 10.1. The Kier molecular flexibility index (Phi) is 4.05. The third-order valence-corrected chi connectivity index (χ3v) is 5.13. The van der Waals surface area contributed by atoms with Crippen molar-refractivity contribution in [2.75, 3.05) is 6.54 Å². The van der Waals surface area contributed by atoms with Gasteiger partial charge in [0.15, 0.2) is 0 Å². The first-order chi connectivity index (χ1) is 10.1. The molecule has 0 radical (unpaired) electrons. The van der Waals surface area contributed by atoms with Crippen molar-refractivity contribution in [2.45, 2.75) is 24.4 Å². The van der Waals surface area contributed by atoms with Crippen LogP contribution in [0.4, 0.5) is 0 Å². The van der Waals surface area contributed by atoms with Gasteiger partial charge in [0.25, 0.3) is 0 Å². The molecule has 2 aromatic carbocycles. The van der Waals surface area contributed by atoms with Crippen LogP contribution in [0.3, 0.4) is 0 Å². The third-order valence-electron chi connectivity index (χ3n) is 3.67. The minimum absolute atomic E-state index is 0.345. The molecule has 0 amide bonds. The Morgan fingerprint density at radius 3 is 2.57 bits per heavy atom. The van der Waals surface area contributed by atoms with E-state index in [0.717, 1.165) is 24.2 Å². The highest BCUT2D eigenvalue weighted by Crippen LogP contribution is 2.19. The molecule has 21 heavy (non-hydrogen) atoms. The van der Waals surface area contributed by atoms with E-state index in [0.29, 0.717) is 17.9 Å². The van der Waals surface area contributed by atoms with Crippen molar-refractivity contribution in [3.63, 3.8) is 0 Å². The zero-order valence-electron chi connectivity index (χ0n) is 11.7. The summed E-state index contributed by atoms with van der Waals surface area (Å²) in [6.07, 6.45) is 0.687. The SMILES string of the molecule is O=S(=O)(NCCc1ccccc1)c1ccc2c(c1)CNC2. The smallest absolute Gasteiger partial charge is 0.240 e. The quantitative estimate of drug-likeness (QED) is 0.885. The second-order valence-electron chi connectivity index (χ2n) is 5.17. The Hall–Kier alpha value is -1.69. The first kappa shape index (κ1) is 14.3. The van der Waals surface area contributed by atoms with E-state index in [-0.39, 0.29) is 0 Å². The van der Waals surface area contributed by atoms with E-state index in [2.05, 4.69) is 10.0 Å². The molecular formula is C16H18N2O2S. The third kappa shape index (κ3) is 3.32. The number of benzene rings is 2. The summed E-state index contributed by atoms with van der Waals surface area (Å²) in [4.78, 5) is 0.345. The molecule has 0 atom stereocenters. The van der Waals surface area contributed by atoms with Crippen LogP contribution in [-0.2, 0) is 29.5 Å². The van der Waals surface area contributed by atoms with Gasteiger partial charge in [-0.15, -0.1) is 0 Å². The topological polar surface area (TPSA) is 58.2 Å². The van der Waals surface area contributed by atoms with Crippen LogP contribution < -0.4 is 10.0 Å². The molecule has 0 aromatic heterocycles. The van der Waals surface area contributed by atoms with Crippen LogP contribution in [0.25, 0.3) is 0 Å². The lowest BCUT2D eigenvalue weighted by Crippen LogP contribution is -2.26. The van der Waals surface area contributed by atoms with Gasteiger partial charge in [0.2, 0.25) is 10.0 Å². The van der Waals surface area contributed by atoms with Crippen molar-refractivity contribution in [2.24, 2.45) is 0 Å². The summed E-state index contributed by atoms with van der Waals surface area (Å²) in [6, 6.07) is 15.2. The Morgan fingerprint density at radius 1 is 1.00 bits per heavy atom. The fourth-order valence-electron chi connectivity index (χ4n) is 2.50. The van der Waals surface area contributed by atoms with Crippen LogP contribution in [0, 0.1) is 0 Å². The van der Waals surface area contributed by atoms with Gasteiger partial charge >= 0.3 is 0 Å². The van der Waals surface area contributed by atoms with Crippen LogP contribution in [0.15, 0.2) is 53.4 Å². The van der Waals surface area contributed by atoms with Gasteiger partial charge in [-0.3, -0.25) is 0 Å². The van der Waals surface area contributed by atoms with Gasteiger partial charge in [-0.1, -0.05) is 36.4 Å². The maximum Gasteiger partial charge on any atom is 0.240 e. The van der Waals surface area contributed by atoms with Crippen molar-refractivity contribution in [3.8, 4) is 0 Å². The maximum absolute atomic E-state index is 12.3. The number of nitrogens with one attached hydrogen (secondary N) is 2. The van der Waals surface area contributed by atoms with E-state index in [4.69, 9.17) is 0 Å². The van der Waals surface area contributed by atoms with Crippen LogP contribution >= 0.6 is 0 Å². The van der Waals surface area contributed by atoms with Crippen molar-refractivity contribution >= 4 is 10.0 Å². The molecule has 0 saturated heterocycles. The van der Waals surface area contributed by atoms with Gasteiger partial charge in [0.1, 0.15) is 0 Å². The van der Waals surface area contributed by atoms with Crippen LogP contribution in [0.2, 0.25) is 0 Å². The summed E-state index contributed by atoms with van der Waals surface area (Å²) in [5.41, 5.74) is 3.37. The molecule has 1 aliphatic heterocycles. The molecule has 5 heteroatoms. The fourth-order valence-corrected chi connectivity index (χ4v) is 3.58. The summed E-state index contributed by atoms with van der Waals surface area (Å²) in [7, 11) is -3.43. The molecule has 0 spiro atoms. The molecule has 1 heterocycles. The van der Waals surface area contributed by atoms with Crippen molar-refractivity contribution in [1.82, 2.24) is 10.0 Å². The average Bonchev–Trinajstić information content (AvgIpc) is 2.95. The molecule has 110 valence electrons. The second kappa shape index (κ2) is 5.97. The zero-order valence-corrected chi connectivity index (χ0v) is 12.5. The number of fused-ring (bicyclic) bond motifs is 1. The highest BCUT2D eigenvalue weighted by molar-refractivity contribution is 7.89. The van der Waals surface area contributed by atoms with Gasteiger partial charge in [-0.2, -0.15) is 0 Å². The number of rotatable bonds is 5. The summed E-state index contributed by atoms with van der Waals surface area (Å²) in [6.45, 7) is 1.96. The first-order valence-electron chi connectivity index (χ1n) is 7.01. The van der Waals surface area contributed by atoms with E-state index in [1.165, 1.54) is 5.56 Å². The number of sulfonamides is 1. The molecule has 4 nitrogen and oxygen atoms in total. The summed E-state index contributed by atoms with van der Waals surface area (Å²) < 4.78 is 27.2. The Morgan fingerprint density at radius 2 is 1.76 bits per heavy atom. The fraction of sp³-hybridized carbons (Fsp3) is 0.250.